The van der Waals surface area contributed by atoms with E-state index in [4.69, 9.17) is 5.73 Å². The summed E-state index contributed by atoms with van der Waals surface area (Å²) in [6, 6.07) is 4.84. The standard InChI is InChI=1S/C19H26FN3O2.ClH/c1-12-3-4-17(16(20)8-12)23-11-14(9-18(23)24)19(25)22-6-5-13(2)7-15(22)10-21;/h3-4,8,13-15H,5-7,9-11,21H2,1-2H3;1H. The van der Waals surface area contributed by atoms with Crippen molar-refractivity contribution in [2.45, 2.75) is 39.2 Å². The summed E-state index contributed by atoms with van der Waals surface area (Å²) < 4.78 is 14.2. The zero-order valence-electron chi connectivity index (χ0n) is 15.3. The fraction of sp³-hybridized carbons (Fsp3) is 0.579. The van der Waals surface area contributed by atoms with Gasteiger partial charge in [0.15, 0.2) is 0 Å². The third kappa shape index (κ3) is 4.01. The number of aryl methyl sites for hydroxylation is 1. The molecule has 3 rings (SSSR count). The number of nitrogens with two attached hydrogens (primary N) is 1. The Morgan fingerprint density at radius 2 is 2.12 bits per heavy atom. The lowest BCUT2D eigenvalue weighted by Gasteiger charge is -2.39. The van der Waals surface area contributed by atoms with E-state index in [1.165, 1.54) is 11.0 Å². The quantitative estimate of drug-likeness (QED) is 0.872. The summed E-state index contributed by atoms with van der Waals surface area (Å²) in [7, 11) is 0. The molecule has 2 fully saturated rings. The van der Waals surface area contributed by atoms with E-state index >= 15 is 0 Å². The molecule has 0 aliphatic carbocycles. The second-order valence-corrected chi connectivity index (χ2v) is 7.41. The molecule has 2 saturated heterocycles. The summed E-state index contributed by atoms with van der Waals surface area (Å²) in [6.07, 6.45) is 1.99. The first-order valence-electron chi connectivity index (χ1n) is 8.97. The number of hydrogen-bond acceptors (Lipinski definition) is 3. The van der Waals surface area contributed by atoms with Gasteiger partial charge in [0, 0.05) is 32.1 Å². The molecule has 7 heteroatoms. The van der Waals surface area contributed by atoms with Crippen LogP contribution in [0.3, 0.4) is 0 Å². The van der Waals surface area contributed by atoms with Gasteiger partial charge in [0.1, 0.15) is 5.82 Å². The Hall–Kier alpha value is -1.66. The topological polar surface area (TPSA) is 66.6 Å². The minimum absolute atomic E-state index is 0. The zero-order chi connectivity index (χ0) is 18.1. The number of carbonyl (C=O) groups excluding carboxylic acids is 2. The summed E-state index contributed by atoms with van der Waals surface area (Å²) in [4.78, 5) is 28.6. The molecule has 2 aliphatic rings. The Labute approximate surface area is 160 Å². The van der Waals surface area contributed by atoms with Gasteiger partial charge in [-0.15, -0.1) is 12.4 Å². The molecule has 1 aromatic carbocycles. The van der Waals surface area contributed by atoms with Crippen LogP contribution in [0, 0.1) is 24.6 Å². The highest BCUT2D eigenvalue weighted by molar-refractivity contribution is 6.00. The van der Waals surface area contributed by atoms with Crippen molar-refractivity contribution < 1.29 is 14.0 Å². The summed E-state index contributed by atoms with van der Waals surface area (Å²) in [5, 5.41) is 0. The molecule has 0 bridgehead atoms. The first-order valence-corrected chi connectivity index (χ1v) is 8.97. The molecular weight excluding hydrogens is 357 g/mol. The Balaban J connectivity index is 0.00000243. The molecule has 0 aromatic heterocycles. The first-order chi connectivity index (χ1) is 11.9. The van der Waals surface area contributed by atoms with Crippen molar-refractivity contribution in [3.05, 3.63) is 29.6 Å². The van der Waals surface area contributed by atoms with Gasteiger partial charge in [-0.05, 0) is 43.4 Å². The fourth-order valence-corrected chi connectivity index (χ4v) is 3.94. The molecule has 144 valence electrons. The van der Waals surface area contributed by atoms with Crippen LogP contribution in [0.5, 0.6) is 0 Å². The Kier molecular flexibility index (Phi) is 6.64. The number of carbonyl (C=O) groups is 2. The van der Waals surface area contributed by atoms with E-state index in [0.717, 1.165) is 18.4 Å². The highest BCUT2D eigenvalue weighted by Crippen LogP contribution is 2.31. The third-order valence-electron chi connectivity index (χ3n) is 5.40. The van der Waals surface area contributed by atoms with Gasteiger partial charge in [-0.3, -0.25) is 9.59 Å². The number of hydrogen-bond donors (Lipinski definition) is 1. The maximum atomic E-state index is 14.2. The molecule has 2 amide bonds. The maximum absolute atomic E-state index is 14.2. The summed E-state index contributed by atoms with van der Waals surface area (Å²) >= 11 is 0. The van der Waals surface area contributed by atoms with Crippen LogP contribution in [-0.2, 0) is 9.59 Å². The van der Waals surface area contributed by atoms with E-state index in [2.05, 4.69) is 6.92 Å². The number of rotatable bonds is 3. The molecule has 5 nitrogen and oxygen atoms in total. The molecule has 26 heavy (non-hydrogen) atoms. The average molecular weight is 384 g/mol. The molecule has 0 saturated carbocycles. The second-order valence-electron chi connectivity index (χ2n) is 7.41. The molecule has 1 aromatic rings. The van der Waals surface area contributed by atoms with Crippen LogP contribution in [0.1, 0.15) is 31.7 Å². The largest absolute Gasteiger partial charge is 0.338 e. The van der Waals surface area contributed by atoms with Gasteiger partial charge in [-0.1, -0.05) is 13.0 Å². The lowest BCUT2D eigenvalue weighted by molar-refractivity contribution is -0.139. The van der Waals surface area contributed by atoms with Crippen LogP contribution < -0.4 is 10.6 Å². The third-order valence-corrected chi connectivity index (χ3v) is 5.40. The van der Waals surface area contributed by atoms with Crippen LogP contribution in [0.2, 0.25) is 0 Å². The van der Waals surface area contributed by atoms with E-state index in [1.54, 1.807) is 19.1 Å². The number of nitrogens with zero attached hydrogens (tertiary/aromatic N) is 2. The summed E-state index contributed by atoms with van der Waals surface area (Å²) in [5.74, 6) is -0.508. The number of likely N-dealkylation sites (tertiary alicyclic amines) is 1. The van der Waals surface area contributed by atoms with E-state index in [0.29, 0.717) is 19.0 Å². The van der Waals surface area contributed by atoms with Gasteiger partial charge < -0.3 is 15.5 Å². The van der Waals surface area contributed by atoms with Gasteiger partial charge in [-0.2, -0.15) is 0 Å². The molecule has 2 N–H and O–H groups in total. The Morgan fingerprint density at radius 1 is 1.38 bits per heavy atom. The number of amides is 2. The highest BCUT2D eigenvalue weighted by atomic mass is 35.5. The number of benzene rings is 1. The number of anilines is 1. The summed E-state index contributed by atoms with van der Waals surface area (Å²) in [5.41, 5.74) is 6.91. The van der Waals surface area contributed by atoms with Crippen LogP contribution in [0.15, 0.2) is 18.2 Å². The minimum Gasteiger partial charge on any atom is -0.338 e. The van der Waals surface area contributed by atoms with Gasteiger partial charge >= 0.3 is 0 Å². The Bertz CT molecular complexity index is 685. The van der Waals surface area contributed by atoms with Crippen LogP contribution in [0.25, 0.3) is 0 Å². The molecule has 3 unspecified atom stereocenters. The molecule has 3 atom stereocenters. The predicted octanol–water partition coefficient (Wildman–Crippen LogP) is 2.49. The molecule has 0 spiro atoms. The summed E-state index contributed by atoms with van der Waals surface area (Å²) in [6.45, 7) is 5.33. The zero-order valence-corrected chi connectivity index (χ0v) is 16.1. The first kappa shape index (κ1) is 20.6. The van der Waals surface area contributed by atoms with Crippen molar-refractivity contribution in [1.29, 1.82) is 0 Å². The Morgan fingerprint density at radius 3 is 2.77 bits per heavy atom. The van der Waals surface area contributed by atoms with Gasteiger partial charge in [0.2, 0.25) is 11.8 Å². The molecule has 0 radical (unpaired) electrons. The molecule has 2 aliphatic heterocycles. The van der Waals surface area contributed by atoms with E-state index in [-0.39, 0.29) is 48.9 Å². The van der Waals surface area contributed by atoms with Gasteiger partial charge in [-0.25, -0.2) is 4.39 Å². The number of halogens is 2. The predicted molar refractivity (Wildman–Crippen MR) is 102 cm³/mol. The van der Waals surface area contributed by atoms with E-state index in [1.807, 2.05) is 4.90 Å². The highest BCUT2D eigenvalue weighted by Gasteiger charge is 2.40. The second kappa shape index (κ2) is 8.35. The lowest BCUT2D eigenvalue weighted by Crippen LogP contribution is -2.51. The SMILES string of the molecule is Cc1ccc(N2CC(C(=O)N3CCC(C)CC3CN)CC2=O)c(F)c1.Cl. The van der Waals surface area contributed by atoms with Crippen molar-refractivity contribution in [1.82, 2.24) is 4.90 Å². The normalized spacial score (nSPS) is 26.0. The van der Waals surface area contributed by atoms with Gasteiger partial charge in [0.05, 0.1) is 11.6 Å². The fourth-order valence-electron chi connectivity index (χ4n) is 3.94. The van der Waals surface area contributed by atoms with E-state index < -0.39 is 11.7 Å². The molecular formula is C19H27ClFN3O2. The van der Waals surface area contributed by atoms with Crippen LogP contribution in [0.4, 0.5) is 10.1 Å². The van der Waals surface area contributed by atoms with Crippen LogP contribution >= 0.6 is 12.4 Å². The molecule has 2 heterocycles. The smallest absolute Gasteiger partial charge is 0.228 e. The van der Waals surface area contributed by atoms with Crippen molar-refractivity contribution in [2.75, 3.05) is 24.5 Å². The number of piperidine rings is 1. The van der Waals surface area contributed by atoms with Crippen molar-refractivity contribution in [3.63, 3.8) is 0 Å². The van der Waals surface area contributed by atoms with Crippen molar-refractivity contribution in [3.8, 4) is 0 Å². The average Bonchev–Trinajstić information content (AvgIpc) is 2.95. The minimum atomic E-state index is -0.423. The monoisotopic (exact) mass is 383 g/mol. The van der Waals surface area contributed by atoms with E-state index in [9.17, 15) is 14.0 Å². The van der Waals surface area contributed by atoms with Crippen molar-refractivity contribution in [2.24, 2.45) is 17.6 Å². The van der Waals surface area contributed by atoms with Gasteiger partial charge in [0.25, 0.3) is 0 Å². The lowest BCUT2D eigenvalue weighted by atomic mass is 9.91. The van der Waals surface area contributed by atoms with Crippen molar-refractivity contribution >= 4 is 29.9 Å². The van der Waals surface area contributed by atoms with Crippen LogP contribution in [-0.4, -0.2) is 42.4 Å². The maximum Gasteiger partial charge on any atom is 0.228 e.